The van der Waals surface area contributed by atoms with E-state index < -0.39 is 10.9 Å². The second-order valence-corrected chi connectivity index (χ2v) is 4.84. The zero-order chi connectivity index (χ0) is 16.2. The van der Waals surface area contributed by atoms with Crippen molar-refractivity contribution in [2.24, 2.45) is 0 Å². The van der Waals surface area contributed by atoms with Gasteiger partial charge < -0.3 is 15.3 Å². The maximum atomic E-state index is 11.7. The summed E-state index contributed by atoms with van der Waals surface area (Å²) in [7, 11) is 1.51. The van der Waals surface area contributed by atoms with Crippen LogP contribution in [0.2, 0.25) is 0 Å². The zero-order valence-corrected chi connectivity index (χ0v) is 12.0. The minimum Gasteiger partial charge on any atom is -0.478 e. The Kier molecular flexibility index (Phi) is 5.23. The lowest BCUT2D eigenvalue weighted by atomic mass is 10.1. The van der Waals surface area contributed by atoms with Gasteiger partial charge in [-0.25, -0.2) is 4.79 Å². The predicted octanol–water partition coefficient (Wildman–Crippen LogP) is 1.25. The van der Waals surface area contributed by atoms with Crippen LogP contribution in [0.3, 0.4) is 0 Å². The van der Waals surface area contributed by atoms with Crippen molar-refractivity contribution in [3.63, 3.8) is 0 Å². The molecule has 1 aromatic carbocycles. The number of nitrogens with one attached hydrogen (secondary N) is 1. The van der Waals surface area contributed by atoms with Gasteiger partial charge in [0.05, 0.1) is 22.7 Å². The maximum absolute atomic E-state index is 11.7. The number of carbonyl (C=O) groups excluding carboxylic acids is 1. The molecular weight excluding hydrogens is 278 g/mol. The lowest BCUT2D eigenvalue weighted by Crippen LogP contribution is -2.39. The summed E-state index contributed by atoms with van der Waals surface area (Å²) < 4.78 is 0. The van der Waals surface area contributed by atoms with Crippen LogP contribution in [0.1, 0.15) is 24.2 Å². The highest BCUT2D eigenvalue weighted by atomic mass is 16.6. The topological polar surface area (TPSA) is 113 Å². The number of anilines is 1. The van der Waals surface area contributed by atoms with Crippen LogP contribution in [0, 0.1) is 10.1 Å². The molecule has 2 N–H and O–H groups in total. The van der Waals surface area contributed by atoms with Crippen molar-refractivity contribution in [3.05, 3.63) is 33.9 Å². The van der Waals surface area contributed by atoms with Crippen LogP contribution in [0.4, 0.5) is 11.4 Å². The molecule has 0 aliphatic carbocycles. The van der Waals surface area contributed by atoms with Crippen molar-refractivity contribution < 1.29 is 19.6 Å². The van der Waals surface area contributed by atoms with Gasteiger partial charge in [0, 0.05) is 25.2 Å². The Bertz CT molecular complexity index is 571. The monoisotopic (exact) mass is 295 g/mol. The third-order valence-electron chi connectivity index (χ3n) is 2.66. The van der Waals surface area contributed by atoms with Gasteiger partial charge in [0.25, 0.3) is 5.69 Å². The summed E-state index contributed by atoms with van der Waals surface area (Å²) in [5.74, 6) is -1.51. The molecule has 1 rings (SSSR count). The normalized spacial score (nSPS) is 10.3. The zero-order valence-electron chi connectivity index (χ0n) is 12.0. The summed E-state index contributed by atoms with van der Waals surface area (Å²) in [4.78, 5) is 34.4. The molecule has 0 atom stereocenters. The number of carboxylic acids is 1. The molecule has 0 bridgehead atoms. The molecule has 21 heavy (non-hydrogen) atoms. The number of carbonyl (C=O) groups is 2. The molecule has 0 fully saturated rings. The summed E-state index contributed by atoms with van der Waals surface area (Å²) in [6.45, 7) is 3.50. The third-order valence-corrected chi connectivity index (χ3v) is 2.66. The lowest BCUT2D eigenvalue weighted by molar-refractivity contribution is -0.384. The van der Waals surface area contributed by atoms with Crippen molar-refractivity contribution >= 4 is 23.3 Å². The first kappa shape index (κ1) is 16.4. The van der Waals surface area contributed by atoms with E-state index in [0.717, 1.165) is 18.2 Å². The predicted molar refractivity (Wildman–Crippen MR) is 76.6 cm³/mol. The van der Waals surface area contributed by atoms with Gasteiger partial charge in [0.1, 0.15) is 0 Å². The first-order valence-corrected chi connectivity index (χ1v) is 6.24. The Hall–Kier alpha value is -2.64. The first-order chi connectivity index (χ1) is 9.72. The van der Waals surface area contributed by atoms with E-state index in [1.807, 2.05) is 0 Å². The molecule has 1 aromatic rings. The van der Waals surface area contributed by atoms with Gasteiger partial charge in [-0.2, -0.15) is 0 Å². The summed E-state index contributed by atoms with van der Waals surface area (Å²) in [5, 5.41) is 22.6. The fourth-order valence-corrected chi connectivity index (χ4v) is 1.80. The maximum Gasteiger partial charge on any atom is 0.337 e. The van der Waals surface area contributed by atoms with E-state index in [2.05, 4.69) is 5.32 Å². The summed E-state index contributed by atoms with van der Waals surface area (Å²) in [5.41, 5.74) is -0.206. The Morgan fingerprint density at radius 3 is 2.52 bits per heavy atom. The van der Waals surface area contributed by atoms with Crippen molar-refractivity contribution in [2.75, 3.05) is 18.5 Å². The molecule has 114 valence electrons. The number of likely N-dealkylation sites (N-methyl/N-ethyl adjacent to an activating group) is 1. The van der Waals surface area contributed by atoms with Gasteiger partial charge in [-0.3, -0.25) is 14.9 Å². The molecule has 0 aromatic heterocycles. The number of amides is 1. The van der Waals surface area contributed by atoms with Crippen LogP contribution in [0.15, 0.2) is 18.2 Å². The molecule has 0 spiro atoms. The van der Waals surface area contributed by atoms with Crippen LogP contribution in [-0.2, 0) is 4.79 Å². The number of nitrogens with zero attached hydrogens (tertiary/aromatic N) is 2. The molecule has 0 aliphatic rings. The van der Waals surface area contributed by atoms with E-state index in [-0.39, 0.29) is 35.4 Å². The summed E-state index contributed by atoms with van der Waals surface area (Å²) >= 11 is 0. The third kappa shape index (κ3) is 4.44. The fourth-order valence-electron chi connectivity index (χ4n) is 1.80. The van der Waals surface area contributed by atoms with Gasteiger partial charge in [0.2, 0.25) is 5.91 Å². The van der Waals surface area contributed by atoms with E-state index in [1.165, 1.54) is 11.9 Å². The highest BCUT2D eigenvalue weighted by Gasteiger charge is 2.19. The molecule has 0 radical (unpaired) electrons. The molecule has 8 nitrogen and oxygen atoms in total. The van der Waals surface area contributed by atoms with E-state index in [0.29, 0.717) is 0 Å². The molecule has 1 amide bonds. The van der Waals surface area contributed by atoms with Crippen LogP contribution >= 0.6 is 0 Å². The molecular formula is C13H17N3O5. The second-order valence-electron chi connectivity index (χ2n) is 4.84. The molecule has 0 unspecified atom stereocenters. The Morgan fingerprint density at radius 1 is 1.43 bits per heavy atom. The number of rotatable bonds is 6. The standard InChI is InChI=1S/C13H17N3O5/c1-8(2)14-12(17)7-15(3)11-6-9(16(20)21)4-5-10(11)13(18)19/h4-6,8H,7H2,1-3H3,(H,14,17)(H,18,19). The number of nitro benzene ring substituents is 1. The van der Waals surface area contributed by atoms with Crippen LogP contribution < -0.4 is 10.2 Å². The number of hydrogen-bond acceptors (Lipinski definition) is 5. The molecule has 8 heteroatoms. The van der Waals surface area contributed by atoms with E-state index in [9.17, 15) is 19.7 Å². The fraction of sp³-hybridized carbons (Fsp3) is 0.385. The van der Waals surface area contributed by atoms with Crippen LogP contribution in [0.5, 0.6) is 0 Å². The average Bonchev–Trinajstić information content (AvgIpc) is 2.36. The minimum atomic E-state index is -1.21. The number of aromatic carboxylic acids is 1. The summed E-state index contributed by atoms with van der Waals surface area (Å²) in [6, 6.07) is 3.38. The van der Waals surface area contributed by atoms with Crippen LogP contribution in [0.25, 0.3) is 0 Å². The molecule has 0 heterocycles. The Labute approximate surface area is 121 Å². The Morgan fingerprint density at radius 2 is 2.05 bits per heavy atom. The smallest absolute Gasteiger partial charge is 0.337 e. The number of non-ortho nitro benzene ring substituents is 1. The lowest BCUT2D eigenvalue weighted by Gasteiger charge is -2.21. The minimum absolute atomic E-state index is 0.0463. The number of nitro groups is 1. The highest BCUT2D eigenvalue weighted by molar-refractivity contribution is 5.96. The number of carboxylic acid groups (broad SMARTS) is 1. The quantitative estimate of drug-likeness (QED) is 0.603. The van der Waals surface area contributed by atoms with Gasteiger partial charge in [-0.15, -0.1) is 0 Å². The average molecular weight is 295 g/mol. The highest BCUT2D eigenvalue weighted by Crippen LogP contribution is 2.25. The van der Waals surface area contributed by atoms with Crippen molar-refractivity contribution in [1.82, 2.24) is 5.32 Å². The Balaban J connectivity index is 3.07. The molecule has 0 saturated carbocycles. The van der Waals surface area contributed by atoms with E-state index in [4.69, 9.17) is 5.11 Å². The van der Waals surface area contributed by atoms with Gasteiger partial charge >= 0.3 is 5.97 Å². The van der Waals surface area contributed by atoms with Crippen molar-refractivity contribution in [3.8, 4) is 0 Å². The SMILES string of the molecule is CC(C)NC(=O)CN(C)c1cc([N+](=O)[O-])ccc1C(=O)O. The number of hydrogen-bond donors (Lipinski definition) is 2. The van der Waals surface area contributed by atoms with E-state index >= 15 is 0 Å². The van der Waals surface area contributed by atoms with Crippen molar-refractivity contribution in [2.45, 2.75) is 19.9 Å². The molecule has 0 aliphatic heterocycles. The van der Waals surface area contributed by atoms with E-state index in [1.54, 1.807) is 13.8 Å². The van der Waals surface area contributed by atoms with Crippen LogP contribution in [-0.4, -0.2) is 41.5 Å². The first-order valence-electron chi connectivity index (χ1n) is 6.24. The summed E-state index contributed by atoms with van der Waals surface area (Å²) in [6.07, 6.45) is 0. The largest absolute Gasteiger partial charge is 0.478 e. The molecule has 0 saturated heterocycles. The van der Waals surface area contributed by atoms with Gasteiger partial charge in [-0.05, 0) is 19.9 Å². The van der Waals surface area contributed by atoms with Gasteiger partial charge in [-0.1, -0.05) is 0 Å². The second kappa shape index (κ2) is 6.69. The number of benzene rings is 1. The van der Waals surface area contributed by atoms with Gasteiger partial charge in [0.15, 0.2) is 0 Å². The van der Waals surface area contributed by atoms with Crippen molar-refractivity contribution in [1.29, 1.82) is 0 Å².